The van der Waals surface area contributed by atoms with Gasteiger partial charge in [-0.1, -0.05) is 29.8 Å². The molecule has 0 heterocycles. The molecule has 1 nitrogen and oxygen atoms in total. The van der Waals surface area contributed by atoms with Crippen molar-refractivity contribution in [1.82, 2.24) is 0 Å². The molecule has 0 aliphatic carbocycles. The van der Waals surface area contributed by atoms with Gasteiger partial charge in [-0.25, -0.2) is 4.39 Å². The fraction of sp³-hybridized carbons (Fsp3) is 0.500. The van der Waals surface area contributed by atoms with Crippen LogP contribution in [0.4, 0.5) is 4.39 Å². The third-order valence-corrected chi connectivity index (χ3v) is 3.57. The highest BCUT2D eigenvalue weighted by Crippen LogP contribution is 2.26. The zero-order valence-electron chi connectivity index (χ0n) is 9.22. The number of hydrogen-bond acceptors (Lipinski definition) is 1. The van der Waals surface area contributed by atoms with Crippen molar-refractivity contribution >= 4 is 15.9 Å². The number of halogens is 2. The van der Waals surface area contributed by atoms with Crippen LogP contribution in [-0.2, 0) is 6.42 Å². The second kappa shape index (κ2) is 4.62. The van der Waals surface area contributed by atoms with Gasteiger partial charge in [0.25, 0.3) is 0 Å². The Balaban J connectivity index is 2.94. The first kappa shape index (κ1) is 12.7. The van der Waals surface area contributed by atoms with E-state index in [4.69, 9.17) is 0 Å². The summed E-state index contributed by atoms with van der Waals surface area (Å²) in [6, 6.07) is 4.53. The van der Waals surface area contributed by atoms with Crippen molar-refractivity contribution in [1.29, 1.82) is 0 Å². The Morgan fingerprint density at radius 2 is 2.07 bits per heavy atom. The van der Waals surface area contributed by atoms with Gasteiger partial charge in [-0.05, 0) is 36.6 Å². The summed E-state index contributed by atoms with van der Waals surface area (Å²) in [7, 11) is 0. The largest absolute Gasteiger partial charge is 0.390 e. The maximum atomic E-state index is 13.0. The van der Waals surface area contributed by atoms with Crippen LogP contribution in [0.1, 0.15) is 26.3 Å². The predicted molar refractivity (Wildman–Crippen MR) is 63.3 cm³/mol. The van der Waals surface area contributed by atoms with E-state index in [9.17, 15) is 9.50 Å². The van der Waals surface area contributed by atoms with Crippen LogP contribution in [-0.4, -0.2) is 10.7 Å². The first-order valence-corrected chi connectivity index (χ1v) is 5.78. The summed E-state index contributed by atoms with van der Waals surface area (Å²) in [5.74, 6) is -0.138. The van der Waals surface area contributed by atoms with E-state index in [1.807, 2.05) is 13.8 Å². The van der Waals surface area contributed by atoms with Crippen molar-refractivity contribution in [3.05, 3.63) is 34.1 Å². The summed E-state index contributed by atoms with van der Waals surface area (Å²) in [4.78, 5) is 0. The normalized spacial score (nSPS) is 15.4. The van der Waals surface area contributed by atoms with E-state index in [0.717, 1.165) is 10.0 Å². The standard InChI is InChI=1S/C12H16BrFO/c1-8(2)12(3,15)7-9-6-10(14)4-5-11(9)13/h4-6,8,15H,7H2,1-3H3. The van der Waals surface area contributed by atoms with Crippen LogP contribution in [0, 0.1) is 11.7 Å². The Labute approximate surface area is 98.4 Å². The van der Waals surface area contributed by atoms with Crippen molar-refractivity contribution < 1.29 is 9.50 Å². The molecule has 1 atom stereocenters. The van der Waals surface area contributed by atoms with Crippen molar-refractivity contribution in [3.8, 4) is 0 Å². The van der Waals surface area contributed by atoms with Crippen LogP contribution < -0.4 is 0 Å². The molecule has 0 bridgehead atoms. The average molecular weight is 275 g/mol. The van der Waals surface area contributed by atoms with E-state index in [1.54, 1.807) is 13.0 Å². The molecule has 0 aromatic heterocycles. The Kier molecular flexibility index (Phi) is 3.90. The van der Waals surface area contributed by atoms with E-state index in [1.165, 1.54) is 12.1 Å². The highest BCUT2D eigenvalue weighted by atomic mass is 79.9. The highest BCUT2D eigenvalue weighted by Gasteiger charge is 2.26. The molecule has 0 saturated heterocycles. The summed E-state index contributed by atoms with van der Waals surface area (Å²) in [6.07, 6.45) is 0.447. The fourth-order valence-electron chi connectivity index (χ4n) is 1.27. The topological polar surface area (TPSA) is 20.2 Å². The quantitative estimate of drug-likeness (QED) is 0.894. The first-order valence-electron chi connectivity index (χ1n) is 4.99. The lowest BCUT2D eigenvalue weighted by atomic mass is 9.86. The highest BCUT2D eigenvalue weighted by molar-refractivity contribution is 9.10. The van der Waals surface area contributed by atoms with Gasteiger partial charge in [0.2, 0.25) is 0 Å². The molecule has 3 heteroatoms. The SMILES string of the molecule is CC(C)C(C)(O)Cc1cc(F)ccc1Br. The molecule has 0 aliphatic rings. The predicted octanol–water partition coefficient (Wildman–Crippen LogP) is 3.54. The minimum atomic E-state index is -0.809. The van der Waals surface area contributed by atoms with Crippen molar-refractivity contribution in [3.63, 3.8) is 0 Å². The molecule has 0 radical (unpaired) electrons. The summed E-state index contributed by atoms with van der Waals surface area (Å²) in [5, 5.41) is 10.1. The molecule has 0 aliphatic heterocycles. The molecule has 0 spiro atoms. The van der Waals surface area contributed by atoms with E-state index >= 15 is 0 Å². The van der Waals surface area contributed by atoms with Gasteiger partial charge in [-0.2, -0.15) is 0 Å². The van der Waals surface area contributed by atoms with E-state index in [2.05, 4.69) is 15.9 Å². The maximum absolute atomic E-state index is 13.0. The zero-order chi connectivity index (χ0) is 11.6. The molecular weight excluding hydrogens is 259 g/mol. The van der Waals surface area contributed by atoms with Crippen LogP contribution in [0.3, 0.4) is 0 Å². The van der Waals surface area contributed by atoms with Gasteiger partial charge < -0.3 is 5.11 Å². The summed E-state index contributed by atoms with van der Waals surface area (Å²) in [5.41, 5.74) is -0.00949. The number of benzene rings is 1. The molecule has 0 saturated carbocycles. The summed E-state index contributed by atoms with van der Waals surface area (Å²) >= 11 is 3.35. The molecule has 1 N–H and O–H groups in total. The van der Waals surface area contributed by atoms with Gasteiger partial charge in [-0.15, -0.1) is 0 Å². The van der Waals surface area contributed by atoms with Crippen LogP contribution in [0.5, 0.6) is 0 Å². The second-order valence-electron chi connectivity index (χ2n) is 4.42. The Morgan fingerprint density at radius 3 is 2.60 bits per heavy atom. The van der Waals surface area contributed by atoms with Crippen LogP contribution in [0.15, 0.2) is 22.7 Å². The van der Waals surface area contributed by atoms with Gasteiger partial charge in [0.1, 0.15) is 5.82 Å². The van der Waals surface area contributed by atoms with Crippen molar-refractivity contribution in [2.75, 3.05) is 0 Å². The summed E-state index contributed by atoms with van der Waals surface area (Å²) < 4.78 is 13.9. The van der Waals surface area contributed by atoms with Gasteiger partial charge >= 0.3 is 0 Å². The van der Waals surface area contributed by atoms with E-state index in [0.29, 0.717) is 6.42 Å². The zero-order valence-corrected chi connectivity index (χ0v) is 10.8. The first-order chi connectivity index (χ1) is 6.83. The number of hydrogen-bond donors (Lipinski definition) is 1. The van der Waals surface area contributed by atoms with Gasteiger partial charge in [-0.3, -0.25) is 0 Å². The van der Waals surface area contributed by atoms with Crippen molar-refractivity contribution in [2.45, 2.75) is 32.8 Å². The molecule has 1 unspecified atom stereocenters. The molecule has 1 aromatic carbocycles. The molecule has 0 amide bonds. The lowest BCUT2D eigenvalue weighted by Gasteiger charge is -2.28. The maximum Gasteiger partial charge on any atom is 0.123 e. The average Bonchev–Trinajstić information content (AvgIpc) is 2.10. The number of aliphatic hydroxyl groups is 1. The Bertz CT molecular complexity index is 347. The monoisotopic (exact) mass is 274 g/mol. The third-order valence-electron chi connectivity index (χ3n) is 2.80. The summed E-state index contributed by atoms with van der Waals surface area (Å²) in [6.45, 7) is 5.68. The van der Waals surface area contributed by atoms with Crippen LogP contribution in [0.2, 0.25) is 0 Å². The minimum absolute atomic E-state index is 0.132. The van der Waals surface area contributed by atoms with Gasteiger partial charge in [0.05, 0.1) is 5.60 Å². The van der Waals surface area contributed by atoms with E-state index in [-0.39, 0.29) is 11.7 Å². The molecular formula is C12H16BrFO. The fourth-order valence-corrected chi connectivity index (χ4v) is 1.66. The Morgan fingerprint density at radius 1 is 1.47 bits per heavy atom. The second-order valence-corrected chi connectivity index (χ2v) is 5.28. The minimum Gasteiger partial charge on any atom is -0.390 e. The lowest BCUT2D eigenvalue weighted by Crippen LogP contribution is -2.33. The van der Waals surface area contributed by atoms with E-state index < -0.39 is 5.60 Å². The molecule has 1 aromatic rings. The Hall–Kier alpha value is -0.410. The molecule has 1 rings (SSSR count). The number of rotatable bonds is 3. The smallest absolute Gasteiger partial charge is 0.123 e. The van der Waals surface area contributed by atoms with Gasteiger partial charge in [0.15, 0.2) is 0 Å². The van der Waals surface area contributed by atoms with Gasteiger partial charge in [0, 0.05) is 10.9 Å². The lowest BCUT2D eigenvalue weighted by molar-refractivity contribution is 0.0138. The molecule has 84 valence electrons. The van der Waals surface area contributed by atoms with Crippen LogP contribution >= 0.6 is 15.9 Å². The molecule has 0 fully saturated rings. The van der Waals surface area contributed by atoms with Crippen LogP contribution in [0.25, 0.3) is 0 Å². The third kappa shape index (κ3) is 3.28. The van der Waals surface area contributed by atoms with Crippen molar-refractivity contribution in [2.24, 2.45) is 5.92 Å². The molecule has 15 heavy (non-hydrogen) atoms.